The number of nitriles is 1. The molecule has 7 heteroatoms. The molecule has 0 aliphatic rings. The Morgan fingerprint density at radius 2 is 2.10 bits per heavy atom. The fraction of sp³-hybridized carbons (Fsp3) is 0.286. The number of rotatable bonds is 6. The van der Waals surface area contributed by atoms with Crippen molar-refractivity contribution < 1.29 is 27.8 Å². The first-order valence-electron chi connectivity index (χ1n) is 5.87. The maximum atomic E-state index is 12.2. The molecule has 5 nitrogen and oxygen atoms in total. The van der Waals surface area contributed by atoms with Gasteiger partial charge >= 0.3 is 12.6 Å². The molecule has 1 atom stereocenters. The number of benzene rings is 1. The molecule has 0 spiro atoms. The van der Waals surface area contributed by atoms with Crippen molar-refractivity contribution in [1.82, 2.24) is 0 Å². The summed E-state index contributed by atoms with van der Waals surface area (Å²) in [5, 5.41) is 8.50. The standard InChI is InChI=1S/C14H13F2NO4/c1-9(8-17)20-13(18)6-4-10-3-5-11(21-14(15)16)12(7-10)19-2/h3-7,9,14H,1-2H3/b6-4+/t9-/m1/s1. The van der Waals surface area contributed by atoms with E-state index in [1.165, 1.54) is 38.3 Å². The predicted molar refractivity (Wildman–Crippen MR) is 69.8 cm³/mol. The third-order valence-electron chi connectivity index (χ3n) is 2.29. The van der Waals surface area contributed by atoms with Crippen LogP contribution in [0.4, 0.5) is 8.78 Å². The largest absolute Gasteiger partial charge is 0.493 e. The highest BCUT2D eigenvalue weighted by Gasteiger charge is 2.10. The van der Waals surface area contributed by atoms with E-state index in [4.69, 9.17) is 14.7 Å². The summed E-state index contributed by atoms with van der Waals surface area (Å²) in [6, 6.07) is 5.95. The van der Waals surface area contributed by atoms with Crippen LogP contribution >= 0.6 is 0 Å². The van der Waals surface area contributed by atoms with E-state index in [0.717, 1.165) is 6.08 Å². The Labute approximate surface area is 120 Å². The highest BCUT2D eigenvalue weighted by atomic mass is 19.3. The Morgan fingerprint density at radius 3 is 2.67 bits per heavy atom. The van der Waals surface area contributed by atoms with Crippen LogP contribution in [0.3, 0.4) is 0 Å². The topological polar surface area (TPSA) is 68.5 Å². The average Bonchev–Trinajstić information content (AvgIpc) is 2.45. The lowest BCUT2D eigenvalue weighted by molar-refractivity contribution is -0.139. The first-order valence-corrected chi connectivity index (χ1v) is 5.87. The van der Waals surface area contributed by atoms with Crippen molar-refractivity contribution in [3.8, 4) is 17.6 Å². The highest BCUT2D eigenvalue weighted by Crippen LogP contribution is 2.29. The molecule has 0 unspecified atom stereocenters. The molecule has 1 aromatic carbocycles. The van der Waals surface area contributed by atoms with Gasteiger partial charge in [-0.05, 0) is 30.7 Å². The Hall–Kier alpha value is -2.62. The first kappa shape index (κ1) is 16.4. The van der Waals surface area contributed by atoms with E-state index < -0.39 is 18.7 Å². The number of hydrogen-bond donors (Lipinski definition) is 0. The van der Waals surface area contributed by atoms with E-state index in [0.29, 0.717) is 5.56 Å². The normalized spacial score (nSPS) is 12.0. The predicted octanol–water partition coefficient (Wildman–Crippen LogP) is 2.77. The van der Waals surface area contributed by atoms with Crippen molar-refractivity contribution in [2.75, 3.05) is 7.11 Å². The SMILES string of the molecule is COc1cc(/C=C/C(=O)O[C@H](C)C#N)ccc1OC(F)F. The van der Waals surface area contributed by atoms with Gasteiger partial charge in [0.05, 0.1) is 7.11 Å². The lowest BCUT2D eigenvalue weighted by Crippen LogP contribution is -2.10. The summed E-state index contributed by atoms with van der Waals surface area (Å²) in [7, 11) is 1.31. The van der Waals surface area contributed by atoms with E-state index in [1.807, 2.05) is 0 Å². The summed E-state index contributed by atoms with van der Waals surface area (Å²) in [5.74, 6) is -0.683. The van der Waals surface area contributed by atoms with Crippen LogP contribution in [0.25, 0.3) is 6.08 Å². The Morgan fingerprint density at radius 1 is 1.38 bits per heavy atom. The Balaban J connectivity index is 2.81. The molecular weight excluding hydrogens is 284 g/mol. The molecule has 112 valence electrons. The van der Waals surface area contributed by atoms with Crippen LogP contribution in [0.5, 0.6) is 11.5 Å². The molecule has 21 heavy (non-hydrogen) atoms. The molecule has 0 amide bonds. The van der Waals surface area contributed by atoms with Gasteiger partial charge in [-0.3, -0.25) is 0 Å². The number of halogens is 2. The number of carbonyl (C=O) groups is 1. The number of ether oxygens (including phenoxy) is 3. The van der Waals surface area contributed by atoms with Crippen LogP contribution in [0.2, 0.25) is 0 Å². The molecule has 1 aromatic rings. The smallest absolute Gasteiger partial charge is 0.387 e. The van der Waals surface area contributed by atoms with Crippen LogP contribution in [-0.2, 0) is 9.53 Å². The van der Waals surface area contributed by atoms with Gasteiger partial charge in [0.2, 0.25) is 0 Å². The van der Waals surface area contributed by atoms with Crippen molar-refractivity contribution in [1.29, 1.82) is 5.26 Å². The summed E-state index contributed by atoms with van der Waals surface area (Å²) in [6.07, 6.45) is 1.68. The van der Waals surface area contributed by atoms with E-state index in [2.05, 4.69) is 4.74 Å². The quantitative estimate of drug-likeness (QED) is 0.596. The number of alkyl halides is 2. The highest BCUT2D eigenvalue weighted by molar-refractivity contribution is 5.87. The van der Waals surface area contributed by atoms with Crippen LogP contribution in [0.1, 0.15) is 12.5 Å². The second-order valence-corrected chi connectivity index (χ2v) is 3.83. The van der Waals surface area contributed by atoms with Gasteiger partial charge < -0.3 is 14.2 Å². The minimum absolute atomic E-state index is 0.106. The Bertz CT molecular complexity index is 567. The van der Waals surface area contributed by atoms with Gasteiger partial charge in [-0.2, -0.15) is 14.0 Å². The van der Waals surface area contributed by atoms with Gasteiger partial charge in [-0.1, -0.05) is 6.07 Å². The van der Waals surface area contributed by atoms with Crippen molar-refractivity contribution in [2.24, 2.45) is 0 Å². The van der Waals surface area contributed by atoms with Gasteiger partial charge in [0.15, 0.2) is 17.6 Å². The van der Waals surface area contributed by atoms with Gasteiger partial charge in [-0.25, -0.2) is 4.79 Å². The second-order valence-electron chi connectivity index (χ2n) is 3.83. The summed E-state index contributed by atoms with van der Waals surface area (Å²) >= 11 is 0. The maximum Gasteiger partial charge on any atom is 0.387 e. The molecule has 1 rings (SSSR count). The van der Waals surface area contributed by atoms with Crippen LogP contribution in [-0.4, -0.2) is 25.8 Å². The fourth-order valence-electron chi connectivity index (χ4n) is 1.39. The third kappa shape index (κ3) is 5.48. The summed E-state index contributed by atoms with van der Waals surface area (Å²) in [6.45, 7) is -1.52. The zero-order valence-electron chi connectivity index (χ0n) is 11.4. The van der Waals surface area contributed by atoms with Gasteiger partial charge in [0, 0.05) is 6.08 Å². The lowest BCUT2D eigenvalue weighted by Gasteiger charge is -2.10. The Kier molecular flexibility index (Phi) is 6.14. The van der Waals surface area contributed by atoms with E-state index >= 15 is 0 Å². The van der Waals surface area contributed by atoms with E-state index in [-0.39, 0.29) is 11.5 Å². The van der Waals surface area contributed by atoms with Crippen LogP contribution < -0.4 is 9.47 Å². The van der Waals surface area contributed by atoms with Crippen LogP contribution in [0.15, 0.2) is 24.3 Å². The first-order chi connectivity index (χ1) is 9.96. The molecule has 0 fully saturated rings. The van der Waals surface area contributed by atoms with E-state index in [1.54, 1.807) is 6.07 Å². The fourth-order valence-corrected chi connectivity index (χ4v) is 1.39. The van der Waals surface area contributed by atoms with Crippen molar-refractivity contribution in [3.63, 3.8) is 0 Å². The molecule has 0 saturated heterocycles. The zero-order chi connectivity index (χ0) is 15.8. The number of nitrogens with zero attached hydrogens (tertiary/aromatic N) is 1. The minimum Gasteiger partial charge on any atom is -0.493 e. The molecule has 0 aliphatic heterocycles. The van der Waals surface area contributed by atoms with Crippen LogP contribution in [0, 0.1) is 11.3 Å². The van der Waals surface area contributed by atoms with Crippen molar-refractivity contribution in [2.45, 2.75) is 19.6 Å². The molecule has 0 heterocycles. The monoisotopic (exact) mass is 297 g/mol. The molecule has 0 aliphatic carbocycles. The second kappa shape index (κ2) is 7.85. The molecule has 0 saturated carbocycles. The van der Waals surface area contributed by atoms with Gasteiger partial charge in [0.1, 0.15) is 6.07 Å². The maximum absolute atomic E-state index is 12.2. The molecular formula is C14H13F2NO4. The number of hydrogen-bond acceptors (Lipinski definition) is 5. The average molecular weight is 297 g/mol. The number of esters is 1. The van der Waals surface area contributed by atoms with Gasteiger partial charge in [0.25, 0.3) is 0 Å². The van der Waals surface area contributed by atoms with Gasteiger partial charge in [-0.15, -0.1) is 0 Å². The van der Waals surface area contributed by atoms with Crippen molar-refractivity contribution >= 4 is 12.0 Å². The zero-order valence-corrected chi connectivity index (χ0v) is 11.4. The summed E-state index contributed by atoms with van der Waals surface area (Å²) in [4.78, 5) is 11.3. The van der Waals surface area contributed by atoms with E-state index in [9.17, 15) is 13.6 Å². The van der Waals surface area contributed by atoms with Crippen molar-refractivity contribution in [3.05, 3.63) is 29.8 Å². The molecule has 0 N–H and O–H groups in total. The molecule has 0 radical (unpaired) electrons. The lowest BCUT2D eigenvalue weighted by atomic mass is 10.2. The molecule has 0 aromatic heterocycles. The summed E-state index contributed by atoms with van der Waals surface area (Å²) < 4.78 is 38.2. The minimum atomic E-state index is -2.96. The summed E-state index contributed by atoms with van der Waals surface area (Å²) in [5.41, 5.74) is 0.523. The molecule has 0 bridgehead atoms. The number of carbonyl (C=O) groups excluding carboxylic acids is 1. The third-order valence-corrected chi connectivity index (χ3v) is 2.29. The number of methoxy groups -OCH3 is 1.